The first kappa shape index (κ1) is 18.0. The van der Waals surface area contributed by atoms with Crippen LogP contribution in [0.2, 0.25) is 5.02 Å². The van der Waals surface area contributed by atoms with Crippen LogP contribution in [0.1, 0.15) is 19.4 Å². The van der Waals surface area contributed by atoms with Gasteiger partial charge in [0.2, 0.25) is 0 Å². The highest BCUT2D eigenvalue weighted by molar-refractivity contribution is 6.32. The van der Waals surface area contributed by atoms with Crippen molar-refractivity contribution in [3.63, 3.8) is 0 Å². The number of pyridine rings is 1. The number of aliphatic hydroxyl groups excluding tert-OH is 1. The van der Waals surface area contributed by atoms with Crippen LogP contribution >= 0.6 is 11.6 Å². The molecule has 1 heterocycles. The fourth-order valence-electron chi connectivity index (χ4n) is 1.44. The maximum absolute atomic E-state index is 12.4. The molecule has 0 radical (unpaired) electrons. The molecular formula is C13H18ClF3N2O2. The summed E-state index contributed by atoms with van der Waals surface area (Å²) in [7, 11) is 0. The molecule has 1 unspecified atom stereocenters. The summed E-state index contributed by atoms with van der Waals surface area (Å²) in [6.45, 7) is 4.70. The van der Waals surface area contributed by atoms with E-state index in [1.807, 2.05) is 13.8 Å². The monoisotopic (exact) mass is 326 g/mol. The summed E-state index contributed by atoms with van der Waals surface area (Å²) in [5.41, 5.74) is -0.918. The number of ether oxygens (including phenoxy) is 1. The molecule has 4 nitrogen and oxygen atoms in total. The van der Waals surface area contributed by atoms with E-state index in [0.717, 1.165) is 6.07 Å². The number of aromatic nitrogens is 1. The normalized spacial score (nSPS) is 13.5. The van der Waals surface area contributed by atoms with Crippen LogP contribution in [0, 0.1) is 5.92 Å². The lowest BCUT2D eigenvalue weighted by Crippen LogP contribution is -2.26. The average Bonchev–Trinajstić information content (AvgIpc) is 2.35. The molecule has 0 bridgehead atoms. The van der Waals surface area contributed by atoms with Gasteiger partial charge >= 0.3 is 6.18 Å². The van der Waals surface area contributed by atoms with Crippen LogP contribution in [-0.2, 0) is 10.9 Å². The van der Waals surface area contributed by atoms with Crippen molar-refractivity contribution in [2.45, 2.75) is 26.1 Å². The molecule has 0 aliphatic carbocycles. The standard InChI is InChI=1S/C13H18ClF3N2O2/c1-8(2)6-21-7-10(20)5-19-12-11(14)3-9(4-18-12)13(15,16)17/h3-4,8,10,20H,5-7H2,1-2H3,(H,18,19). The molecule has 8 heteroatoms. The molecule has 2 N–H and O–H groups in total. The van der Waals surface area contributed by atoms with Crippen molar-refractivity contribution in [1.82, 2.24) is 4.98 Å². The molecule has 1 aromatic heterocycles. The van der Waals surface area contributed by atoms with Gasteiger partial charge < -0.3 is 15.2 Å². The van der Waals surface area contributed by atoms with Crippen molar-refractivity contribution < 1.29 is 23.0 Å². The van der Waals surface area contributed by atoms with Crippen LogP contribution in [0.3, 0.4) is 0 Å². The van der Waals surface area contributed by atoms with E-state index in [1.54, 1.807) is 0 Å². The molecule has 1 atom stereocenters. The smallest absolute Gasteiger partial charge is 0.389 e. The number of halogens is 4. The Bertz CT molecular complexity index is 456. The first-order chi connectivity index (χ1) is 9.70. The summed E-state index contributed by atoms with van der Waals surface area (Å²) in [6, 6.07) is 0.790. The SMILES string of the molecule is CC(C)COCC(O)CNc1ncc(C(F)(F)F)cc1Cl. The highest BCUT2D eigenvalue weighted by Crippen LogP contribution is 2.32. The van der Waals surface area contributed by atoms with Crippen molar-refractivity contribution >= 4 is 17.4 Å². The van der Waals surface area contributed by atoms with Gasteiger partial charge in [-0.15, -0.1) is 0 Å². The van der Waals surface area contributed by atoms with Gasteiger partial charge in [-0.2, -0.15) is 13.2 Å². The lowest BCUT2D eigenvalue weighted by atomic mass is 10.2. The number of hydrogen-bond acceptors (Lipinski definition) is 4. The number of nitrogens with one attached hydrogen (secondary N) is 1. The Hall–Kier alpha value is -1.05. The predicted molar refractivity (Wildman–Crippen MR) is 74.4 cm³/mol. The van der Waals surface area contributed by atoms with E-state index >= 15 is 0 Å². The molecule has 0 aliphatic heterocycles. The maximum atomic E-state index is 12.4. The number of aliphatic hydroxyl groups is 1. The van der Waals surface area contributed by atoms with Crippen LogP contribution < -0.4 is 5.32 Å². The third-order valence-electron chi connectivity index (χ3n) is 2.44. The van der Waals surface area contributed by atoms with Gasteiger partial charge in [0.15, 0.2) is 0 Å². The maximum Gasteiger partial charge on any atom is 0.417 e. The Kier molecular flexibility index (Phi) is 6.70. The lowest BCUT2D eigenvalue weighted by molar-refractivity contribution is -0.137. The number of alkyl halides is 3. The zero-order valence-corrected chi connectivity index (χ0v) is 12.5. The summed E-state index contributed by atoms with van der Waals surface area (Å²) in [5.74, 6) is 0.448. The van der Waals surface area contributed by atoms with Gasteiger partial charge in [-0.25, -0.2) is 4.98 Å². The van der Waals surface area contributed by atoms with Crippen molar-refractivity contribution in [3.8, 4) is 0 Å². The molecule has 120 valence electrons. The zero-order chi connectivity index (χ0) is 16.0. The summed E-state index contributed by atoms with van der Waals surface area (Å²) in [6.07, 6.45) is -4.60. The van der Waals surface area contributed by atoms with E-state index in [2.05, 4.69) is 10.3 Å². The third kappa shape index (κ3) is 6.50. The quantitative estimate of drug-likeness (QED) is 0.808. The molecular weight excluding hydrogens is 309 g/mol. The highest BCUT2D eigenvalue weighted by atomic mass is 35.5. The van der Waals surface area contributed by atoms with E-state index in [0.29, 0.717) is 18.7 Å². The van der Waals surface area contributed by atoms with Gasteiger partial charge in [0.25, 0.3) is 0 Å². The molecule has 0 fully saturated rings. The van der Waals surface area contributed by atoms with Gasteiger partial charge in [0.1, 0.15) is 5.82 Å². The van der Waals surface area contributed by atoms with Crippen molar-refractivity contribution in [2.75, 3.05) is 25.1 Å². The van der Waals surface area contributed by atoms with E-state index in [4.69, 9.17) is 16.3 Å². The lowest BCUT2D eigenvalue weighted by Gasteiger charge is -2.15. The second-order valence-electron chi connectivity index (χ2n) is 5.02. The van der Waals surface area contributed by atoms with Gasteiger partial charge in [-0.05, 0) is 12.0 Å². The van der Waals surface area contributed by atoms with Crippen molar-refractivity contribution in [1.29, 1.82) is 0 Å². The largest absolute Gasteiger partial charge is 0.417 e. The third-order valence-corrected chi connectivity index (χ3v) is 2.72. The Morgan fingerprint density at radius 1 is 1.38 bits per heavy atom. The Morgan fingerprint density at radius 2 is 2.05 bits per heavy atom. The second-order valence-corrected chi connectivity index (χ2v) is 5.43. The molecule has 0 aliphatic rings. The highest BCUT2D eigenvalue weighted by Gasteiger charge is 2.31. The Balaban J connectivity index is 2.49. The van der Waals surface area contributed by atoms with Gasteiger partial charge in [0, 0.05) is 19.3 Å². The van der Waals surface area contributed by atoms with Gasteiger partial charge in [-0.1, -0.05) is 25.4 Å². The number of nitrogens with zero attached hydrogens (tertiary/aromatic N) is 1. The molecule has 21 heavy (non-hydrogen) atoms. The van der Waals surface area contributed by atoms with Crippen molar-refractivity contribution in [3.05, 3.63) is 22.8 Å². The summed E-state index contributed by atoms with van der Waals surface area (Å²) >= 11 is 5.73. The molecule has 0 saturated carbocycles. The number of hydrogen-bond donors (Lipinski definition) is 2. The summed E-state index contributed by atoms with van der Waals surface area (Å²) in [5, 5.41) is 12.2. The topological polar surface area (TPSA) is 54.4 Å². The van der Waals surface area contributed by atoms with E-state index < -0.39 is 17.8 Å². The minimum absolute atomic E-state index is 0.0795. The molecule has 0 spiro atoms. The van der Waals surface area contributed by atoms with Crippen LogP contribution in [0.4, 0.5) is 19.0 Å². The summed E-state index contributed by atoms with van der Waals surface area (Å²) < 4.78 is 42.6. The van der Waals surface area contributed by atoms with Gasteiger partial charge in [-0.3, -0.25) is 0 Å². The van der Waals surface area contributed by atoms with E-state index in [1.165, 1.54) is 0 Å². The first-order valence-corrected chi connectivity index (χ1v) is 6.80. The number of anilines is 1. The fraction of sp³-hybridized carbons (Fsp3) is 0.615. The molecule has 1 rings (SSSR count). The minimum atomic E-state index is -4.49. The molecule has 0 aromatic carbocycles. The van der Waals surface area contributed by atoms with E-state index in [-0.39, 0.29) is 24.0 Å². The van der Waals surface area contributed by atoms with Crippen molar-refractivity contribution in [2.24, 2.45) is 5.92 Å². The predicted octanol–water partition coefficient (Wildman–Crippen LogP) is 3.20. The fourth-order valence-corrected chi connectivity index (χ4v) is 1.67. The molecule has 1 aromatic rings. The number of rotatable bonds is 7. The average molecular weight is 327 g/mol. The van der Waals surface area contributed by atoms with Gasteiger partial charge in [0.05, 0.1) is 23.3 Å². The second kappa shape index (κ2) is 7.82. The minimum Gasteiger partial charge on any atom is -0.389 e. The van der Waals surface area contributed by atoms with Crippen LogP contribution in [0.25, 0.3) is 0 Å². The molecule has 0 amide bonds. The first-order valence-electron chi connectivity index (χ1n) is 6.42. The Morgan fingerprint density at radius 3 is 2.57 bits per heavy atom. The van der Waals surface area contributed by atoms with Crippen LogP contribution in [0.15, 0.2) is 12.3 Å². The van der Waals surface area contributed by atoms with Crippen LogP contribution in [0.5, 0.6) is 0 Å². The van der Waals surface area contributed by atoms with E-state index in [9.17, 15) is 18.3 Å². The summed E-state index contributed by atoms with van der Waals surface area (Å²) in [4.78, 5) is 3.61. The van der Waals surface area contributed by atoms with Crippen LogP contribution in [-0.4, -0.2) is 36.0 Å². The zero-order valence-electron chi connectivity index (χ0n) is 11.7. The molecule has 0 saturated heterocycles. The Labute approximate surface area is 126 Å².